The quantitative estimate of drug-likeness (QED) is 0.548. The SMILES string of the molecule is CC(c1nc2scc(-c3ccco3)c2c(=O)[nH]1)N(C)Cc1cccc(F)c1. The predicted molar refractivity (Wildman–Crippen MR) is 104 cm³/mol. The Labute approximate surface area is 159 Å². The van der Waals surface area contributed by atoms with Gasteiger partial charge in [-0.3, -0.25) is 9.69 Å². The zero-order valence-electron chi connectivity index (χ0n) is 14.9. The van der Waals surface area contributed by atoms with E-state index in [2.05, 4.69) is 9.97 Å². The van der Waals surface area contributed by atoms with Gasteiger partial charge in [0.05, 0.1) is 17.7 Å². The number of hydrogen-bond acceptors (Lipinski definition) is 5. The molecule has 3 aromatic heterocycles. The molecule has 1 atom stereocenters. The molecule has 1 N–H and O–H groups in total. The molecule has 7 heteroatoms. The van der Waals surface area contributed by atoms with Crippen molar-refractivity contribution in [2.75, 3.05) is 7.05 Å². The summed E-state index contributed by atoms with van der Waals surface area (Å²) in [6.07, 6.45) is 1.58. The van der Waals surface area contributed by atoms with Gasteiger partial charge in [0.1, 0.15) is 22.2 Å². The molecule has 0 amide bonds. The largest absolute Gasteiger partial charge is 0.464 e. The zero-order valence-corrected chi connectivity index (χ0v) is 15.7. The third kappa shape index (κ3) is 3.43. The van der Waals surface area contributed by atoms with Crippen molar-refractivity contribution in [3.05, 3.63) is 75.6 Å². The van der Waals surface area contributed by atoms with Crippen molar-refractivity contribution >= 4 is 21.6 Å². The van der Waals surface area contributed by atoms with Crippen LogP contribution in [-0.4, -0.2) is 21.9 Å². The third-order valence-corrected chi connectivity index (χ3v) is 5.50. The van der Waals surface area contributed by atoms with Crippen LogP contribution in [-0.2, 0) is 6.54 Å². The lowest BCUT2D eigenvalue weighted by Gasteiger charge is -2.24. The van der Waals surface area contributed by atoms with Gasteiger partial charge in [0.2, 0.25) is 0 Å². The molecule has 0 aliphatic heterocycles. The number of halogens is 1. The van der Waals surface area contributed by atoms with Crippen molar-refractivity contribution in [3.63, 3.8) is 0 Å². The van der Waals surface area contributed by atoms with Gasteiger partial charge in [-0.1, -0.05) is 12.1 Å². The monoisotopic (exact) mass is 383 g/mol. The fourth-order valence-corrected chi connectivity index (χ4v) is 3.98. The second kappa shape index (κ2) is 7.09. The molecule has 4 aromatic rings. The van der Waals surface area contributed by atoms with Gasteiger partial charge in [-0.15, -0.1) is 11.3 Å². The van der Waals surface area contributed by atoms with Crippen LogP contribution in [0, 0.1) is 5.82 Å². The number of fused-ring (bicyclic) bond motifs is 1. The van der Waals surface area contributed by atoms with Crippen LogP contribution in [0.2, 0.25) is 0 Å². The van der Waals surface area contributed by atoms with Crippen molar-refractivity contribution in [2.24, 2.45) is 0 Å². The fourth-order valence-electron chi connectivity index (χ4n) is 3.05. The van der Waals surface area contributed by atoms with Gasteiger partial charge in [0.25, 0.3) is 5.56 Å². The second-order valence-corrected chi connectivity index (χ2v) is 7.34. The first-order valence-corrected chi connectivity index (χ1v) is 9.41. The molecule has 0 bridgehead atoms. The minimum absolute atomic E-state index is 0.139. The average molecular weight is 383 g/mol. The average Bonchev–Trinajstić information content (AvgIpc) is 3.30. The summed E-state index contributed by atoms with van der Waals surface area (Å²) in [6.45, 7) is 2.51. The molecule has 0 aliphatic rings. The summed E-state index contributed by atoms with van der Waals surface area (Å²) in [4.78, 5) is 22.9. The first-order valence-electron chi connectivity index (χ1n) is 8.53. The van der Waals surface area contributed by atoms with Crippen molar-refractivity contribution in [2.45, 2.75) is 19.5 Å². The standard InChI is InChI=1S/C20H18FN3O2S/c1-12(24(2)10-13-5-3-6-14(21)9-13)18-22-19(25)17-15(11-27-20(17)23-18)16-7-4-8-26-16/h3-9,11-12H,10H2,1-2H3,(H,22,23,25). The minimum Gasteiger partial charge on any atom is -0.464 e. The number of rotatable bonds is 5. The van der Waals surface area contributed by atoms with E-state index in [-0.39, 0.29) is 17.4 Å². The summed E-state index contributed by atoms with van der Waals surface area (Å²) in [6, 6.07) is 9.98. The fraction of sp³-hybridized carbons (Fsp3) is 0.200. The highest BCUT2D eigenvalue weighted by Crippen LogP contribution is 2.31. The van der Waals surface area contributed by atoms with Gasteiger partial charge in [-0.05, 0) is 43.8 Å². The maximum atomic E-state index is 13.4. The van der Waals surface area contributed by atoms with E-state index in [1.807, 2.05) is 36.4 Å². The molecular formula is C20H18FN3O2S. The number of benzene rings is 1. The van der Waals surface area contributed by atoms with Gasteiger partial charge in [-0.2, -0.15) is 0 Å². The summed E-state index contributed by atoms with van der Waals surface area (Å²) in [5, 5.41) is 2.43. The zero-order chi connectivity index (χ0) is 19.0. The Morgan fingerprint density at radius 1 is 1.33 bits per heavy atom. The normalized spacial score (nSPS) is 12.7. The molecule has 0 saturated carbocycles. The highest BCUT2D eigenvalue weighted by atomic mass is 32.1. The molecule has 0 saturated heterocycles. The van der Waals surface area contributed by atoms with Crippen LogP contribution < -0.4 is 5.56 Å². The number of aromatic amines is 1. The lowest BCUT2D eigenvalue weighted by Crippen LogP contribution is -2.25. The van der Waals surface area contributed by atoms with Crippen molar-refractivity contribution < 1.29 is 8.81 Å². The molecule has 1 aromatic carbocycles. The number of hydrogen-bond donors (Lipinski definition) is 1. The predicted octanol–water partition coefficient (Wildman–Crippen LogP) is 4.58. The van der Waals surface area contributed by atoms with Gasteiger partial charge in [-0.25, -0.2) is 9.37 Å². The summed E-state index contributed by atoms with van der Waals surface area (Å²) >= 11 is 1.42. The molecule has 0 fully saturated rings. The maximum Gasteiger partial charge on any atom is 0.260 e. The topological polar surface area (TPSA) is 62.1 Å². The Balaban J connectivity index is 1.64. The Hall–Kier alpha value is -2.77. The first kappa shape index (κ1) is 17.6. The van der Waals surface area contributed by atoms with E-state index in [1.165, 1.54) is 23.5 Å². The maximum absolute atomic E-state index is 13.4. The minimum atomic E-state index is -0.259. The summed E-state index contributed by atoms with van der Waals surface area (Å²) in [7, 11) is 1.92. The van der Waals surface area contributed by atoms with E-state index >= 15 is 0 Å². The molecule has 1 unspecified atom stereocenters. The van der Waals surface area contributed by atoms with E-state index < -0.39 is 0 Å². The lowest BCUT2D eigenvalue weighted by molar-refractivity contribution is 0.243. The van der Waals surface area contributed by atoms with Gasteiger partial charge in [0.15, 0.2) is 0 Å². The van der Waals surface area contributed by atoms with Crippen LogP contribution >= 0.6 is 11.3 Å². The highest BCUT2D eigenvalue weighted by molar-refractivity contribution is 7.17. The first-order chi connectivity index (χ1) is 13.0. The van der Waals surface area contributed by atoms with Crippen LogP contribution in [0.4, 0.5) is 4.39 Å². The smallest absolute Gasteiger partial charge is 0.260 e. The number of nitrogens with zero attached hydrogens (tertiary/aromatic N) is 2. The molecule has 138 valence electrons. The van der Waals surface area contributed by atoms with E-state index in [0.717, 1.165) is 11.1 Å². The second-order valence-electron chi connectivity index (χ2n) is 6.48. The molecule has 4 rings (SSSR count). The molecule has 27 heavy (non-hydrogen) atoms. The summed E-state index contributed by atoms with van der Waals surface area (Å²) < 4.78 is 18.8. The van der Waals surface area contributed by atoms with Gasteiger partial charge < -0.3 is 9.40 Å². The van der Waals surface area contributed by atoms with Crippen LogP contribution in [0.25, 0.3) is 21.5 Å². The summed E-state index contributed by atoms with van der Waals surface area (Å²) in [5.41, 5.74) is 1.43. The molecule has 0 radical (unpaired) electrons. The van der Waals surface area contributed by atoms with Gasteiger partial charge in [0, 0.05) is 17.5 Å². The van der Waals surface area contributed by atoms with E-state index in [1.54, 1.807) is 18.4 Å². The van der Waals surface area contributed by atoms with Crippen LogP contribution in [0.1, 0.15) is 24.4 Å². The van der Waals surface area contributed by atoms with Crippen molar-refractivity contribution in [1.29, 1.82) is 0 Å². The van der Waals surface area contributed by atoms with Crippen LogP contribution in [0.15, 0.2) is 57.3 Å². The van der Waals surface area contributed by atoms with Crippen LogP contribution in [0.5, 0.6) is 0 Å². The Kier molecular flexibility index (Phi) is 4.63. The Morgan fingerprint density at radius 2 is 2.19 bits per heavy atom. The van der Waals surface area contributed by atoms with E-state index in [9.17, 15) is 9.18 Å². The molecule has 3 heterocycles. The van der Waals surface area contributed by atoms with Crippen molar-refractivity contribution in [3.8, 4) is 11.3 Å². The number of furan rings is 1. The van der Waals surface area contributed by atoms with E-state index in [4.69, 9.17) is 4.42 Å². The lowest BCUT2D eigenvalue weighted by atomic mass is 10.1. The number of thiophene rings is 1. The molecular weight excluding hydrogens is 365 g/mol. The number of H-pyrrole nitrogens is 1. The van der Waals surface area contributed by atoms with Crippen molar-refractivity contribution in [1.82, 2.24) is 14.9 Å². The van der Waals surface area contributed by atoms with Crippen LogP contribution in [0.3, 0.4) is 0 Å². The number of aromatic nitrogens is 2. The van der Waals surface area contributed by atoms with E-state index in [0.29, 0.717) is 28.3 Å². The molecule has 5 nitrogen and oxygen atoms in total. The Bertz CT molecular complexity index is 1130. The Morgan fingerprint density at radius 3 is 2.93 bits per heavy atom. The number of nitrogens with one attached hydrogen (secondary N) is 1. The van der Waals surface area contributed by atoms with Gasteiger partial charge >= 0.3 is 0 Å². The summed E-state index contributed by atoms with van der Waals surface area (Å²) in [5.74, 6) is 0.974. The third-order valence-electron chi connectivity index (χ3n) is 4.63. The molecule has 0 spiro atoms. The highest BCUT2D eigenvalue weighted by Gasteiger charge is 2.19. The molecule has 0 aliphatic carbocycles.